The monoisotopic (exact) mass is 294 g/mol. The number of unbranched alkanes of at least 4 members (excludes halogenated alkanes) is 7. The molecule has 1 atom stereocenters. The molecule has 0 saturated carbocycles. The topological polar surface area (TPSA) is 24.9 Å². The molecular weight excluding hydrogens is 263 g/mol. The molecule has 0 aliphatic heterocycles. The summed E-state index contributed by atoms with van der Waals surface area (Å²) >= 11 is 0. The predicted octanol–water partition coefficient (Wildman–Crippen LogP) is 5.40. The molecule has 0 aromatic carbocycles. The van der Waals surface area contributed by atoms with Crippen LogP contribution in [0, 0.1) is 5.82 Å². The van der Waals surface area contributed by atoms with E-state index in [1.54, 1.807) is 12.3 Å². The fourth-order valence-corrected chi connectivity index (χ4v) is 2.76. The first-order valence-electron chi connectivity index (χ1n) is 8.62. The summed E-state index contributed by atoms with van der Waals surface area (Å²) < 4.78 is 13.8. The first-order chi connectivity index (χ1) is 10.3. The Morgan fingerprint density at radius 3 is 2.33 bits per heavy atom. The number of hydrogen-bond donors (Lipinski definition) is 1. The third-order valence-corrected chi connectivity index (χ3v) is 3.98. The summed E-state index contributed by atoms with van der Waals surface area (Å²) in [6.45, 7) is 5.18. The van der Waals surface area contributed by atoms with Crippen molar-refractivity contribution in [2.45, 2.75) is 77.7 Å². The SMILES string of the molecule is CCCCCCCCCCC(NCC)c1ccncc1F. The summed E-state index contributed by atoms with van der Waals surface area (Å²) in [6.07, 6.45) is 14.5. The van der Waals surface area contributed by atoms with Crippen LogP contribution in [0.15, 0.2) is 18.5 Å². The average Bonchev–Trinajstić information content (AvgIpc) is 2.49. The maximum atomic E-state index is 13.8. The van der Waals surface area contributed by atoms with Crippen molar-refractivity contribution >= 4 is 0 Å². The minimum Gasteiger partial charge on any atom is -0.310 e. The molecule has 120 valence electrons. The van der Waals surface area contributed by atoms with Crippen LogP contribution >= 0.6 is 0 Å². The van der Waals surface area contributed by atoms with E-state index in [-0.39, 0.29) is 11.9 Å². The van der Waals surface area contributed by atoms with Gasteiger partial charge in [0.25, 0.3) is 0 Å². The van der Waals surface area contributed by atoms with Crippen LogP contribution in [0.2, 0.25) is 0 Å². The van der Waals surface area contributed by atoms with Crippen LogP contribution in [0.4, 0.5) is 4.39 Å². The van der Waals surface area contributed by atoms with E-state index in [1.165, 1.54) is 51.1 Å². The van der Waals surface area contributed by atoms with Crippen molar-refractivity contribution in [3.8, 4) is 0 Å². The molecular formula is C18H31FN2. The van der Waals surface area contributed by atoms with Gasteiger partial charge in [0.2, 0.25) is 0 Å². The fraction of sp³-hybridized carbons (Fsp3) is 0.722. The highest BCUT2D eigenvalue weighted by Crippen LogP contribution is 2.22. The lowest BCUT2D eigenvalue weighted by molar-refractivity contribution is 0.455. The van der Waals surface area contributed by atoms with E-state index in [0.717, 1.165) is 24.9 Å². The van der Waals surface area contributed by atoms with Gasteiger partial charge in [0.1, 0.15) is 5.82 Å². The Morgan fingerprint density at radius 1 is 1.05 bits per heavy atom. The average molecular weight is 294 g/mol. The number of aromatic nitrogens is 1. The van der Waals surface area contributed by atoms with Crippen molar-refractivity contribution in [1.82, 2.24) is 10.3 Å². The van der Waals surface area contributed by atoms with Gasteiger partial charge in [0.15, 0.2) is 0 Å². The van der Waals surface area contributed by atoms with Crippen molar-refractivity contribution in [2.24, 2.45) is 0 Å². The maximum absolute atomic E-state index is 13.8. The largest absolute Gasteiger partial charge is 0.310 e. The quantitative estimate of drug-likeness (QED) is 0.522. The molecule has 0 amide bonds. The zero-order valence-electron chi connectivity index (χ0n) is 13.7. The van der Waals surface area contributed by atoms with Gasteiger partial charge in [0.05, 0.1) is 6.20 Å². The third-order valence-electron chi connectivity index (χ3n) is 3.98. The van der Waals surface area contributed by atoms with Crippen LogP contribution in [0.3, 0.4) is 0 Å². The standard InChI is InChI=1S/C18H31FN2/c1-3-5-6-7-8-9-10-11-12-18(21-4-2)16-13-14-20-15-17(16)19/h13-15,18,21H,3-12H2,1-2H3. The zero-order valence-corrected chi connectivity index (χ0v) is 13.7. The Hall–Kier alpha value is -0.960. The summed E-state index contributed by atoms with van der Waals surface area (Å²) in [5.74, 6) is -0.192. The van der Waals surface area contributed by atoms with Gasteiger partial charge in [-0.25, -0.2) is 4.39 Å². The molecule has 1 heterocycles. The van der Waals surface area contributed by atoms with Crippen molar-refractivity contribution < 1.29 is 4.39 Å². The summed E-state index contributed by atoms with van der Waals surface area (Å²) in [5, 5.41) is 3.39. The highest BCUT2D eigenvalue weighted by atomic mass is 19.1. The molecule has 0 aliphatic carbocycles. The van der Waals surface area contributed by atoms with Gasteiger partial charge in [-0.2, -0.15) is 0 Å². The second kappa shape index (κ2) is 11.7. The molecule has 2 nitrogen and oxygen atoms in total. The molecule has 21 heavy (non-hydrogen) atoms. The second-order valence-electron chi connectivity index (χ2n) is 5.77. The van der Waals surface area contributed by atoms with Crippen LogP contribution in [0.1, 0.15) is 83.2 Å². The molecule has 1 aromatic heterocycles. The lowest BCUT2D eigenvalue weighted by Gasteiger charge is -2.18. The van der Waals surface area contributed by atoms with Crippen molar-refractivity contribution in [2.75, 3.05) is 6.54 Å². The van der Waals surface area contributed by atoms with Gasteiger partial charge in [-0.05, 0) is 19.0 Å². The summed E-state index contributed by atoms with van der Waals surface area (Å²) in [4.78, 5) is 3.83. The number of nitrogens with one attached hydrogen (secondary N) is 1. The molecule has 0 radical (unpaired) electrons. The summed E-state index contributed by atoms with van der Waals surface area (Å²) in [7, 11) is 0. The zero-order chi connectivity index (χ0) is 15.3. The van der Waals surface area contributed by atoms with Gasteiger partial charge in [-0.1, -0.05) is 65.2 Å². The molecule has 0 bridgehead atoms. The Labute approximate surface area is 129 Å². The first-order valence-corrected chi connectivity index (χ1v) is 8.62. The van der Waals surface area contributed by atoms with Crippen LogP contribution in [0.5, 0.6) is 0 Å². The molecule has 0 saturated heterocycles. The highest BCUT2D eigenvalue weighted by molar-refractivity contribution is 5.17. The minimum absolute atomic E-state index is 0.123. The summed E-state index contributed by atoms with van der Waals surface area (Å²) in [6, 6.07) is 1.92. The third kappa shape index (κ3) is 7.56. The van der Waals surface area contributed by atoms with E-state index >= 15 is 0 Å². The predicted molar refractivity (Wildman–Crippen MR) is 87.8 cm³/mol. The van der Waals surface area contributed by atoms with E-state index < -0.39 is 0 Å². The lowest BCUT2D eigenvalue weighted by Crippen LogP contribution is -2.22. The molecule has 3 heteroatoms. The van der Waals surface area contributed by atoms with Gasteiger partial charge < -0.3 is 5.32 Å². The van der Waals surface area contributed by atoms with Crippen molar-refractivity contribution in [1.29, 1.82) is 0 Å². The van der Waals surface area contributed by atoms with E-state index in [2.05, 4.69) is 24.1 Å². The molecule has 1 rings (SSSR count). The lowest BCUT2D eigenvalue weighted by atomic mass is 9.99. The van der Waals surface area contributed by atoms with Gasteiger partial charge >= 0.3 is 0 Å². The normalized spacial score (nSPS) is 12.5. The maximum Gasteiger partial charge on any atom is 0.146 e. The van der Waals surface area contributed by atoms with Gasteiger partial charge in [0, 0.05) is 17.8 Å². The van der Waals surface area contributed by atoms with Crippen LogP contribution in [-0.2, 0) is 0 Å². The van der Waals surface area contributed by atoms with Crippen molar-refractivity contribution in [3.05, 3.63) is 29.8 Å². The number of pyridine rings is 1. The molecule has 1 aromatic rings. The van der Waals surface area contributed by atoms with Crippen LogP contribution < -0.4 is 5.32 Å². The van der Waals surface area contributed by atoms with Gasteiger partial charge in [-0.3, -0.25) is 4.98 Å². The molecule has 1 unspecified atom stereocenters. The summed E-state index contributed by atoms with van der Waals surface area (Å²) in [5.41, 5.74) is 0.759. The second-order valence-corrected chi connectivity index (χ2v) is 5.77. The van der Waals surface area contributed by atoms with Crippen molar-refractivity contribution in [3.63, 3.8) is 0 Å². The van der Waals surface area contributed by atoms with E-state index in [0.29, 0.717) is 0 Å². The number of rotatable bonds is 12. The first kappa shape index (κ1) is 18.1. The minimum atomic E-state index is -0.192. The highest BCUT2D eigenvalue weighted by Gasteiger charge is 2.14. The van der Waals surface area contributed by atoms with E-state index in [9.17, 15) is 4.39 Å². The molecule has 1 N–H and O–H groups in total. The smallest absolute Gasteiger partial charge is 0.146 e. The Morgan fingerprint density at radius 2 is 1.71 bits per heavy atom. The Kier molecular flexibility index (Phi) is 10.1. The number of hydrogen-bond acceptors (Lipinski definition) is 2. The van der Waals surface area contributed by atoms with E-state index in [1.807, 2.05) is 0 Å². The van der Waals surface area contributed by atoms with Gasteiger partial charge in [-0.15, -0.1) is 0 Å². The fourth-order valence-electron chi connectivity index (χ4n) is 2.76. The number of nitrogens with zero attached hydrogens (tertiary/aromatic N) is 1. The molecule has 0 spiro atoms. The number of halogens is 1. The Bertz CT molecular complexity index is 368. The van der Waals surface area contributed by atoms with Crippen LogP contribution in [-0.4, -0.2) is 11.5 Å². The van der Waals surface area contributed by atoms with Crippen LogP contribution in [0.25, 0.3) is 0 Å². The molecule has 0 fully saturated rings. The van der Waals surface area contributed by atoms with E-state index in [4.69, 9.17) is 0 Å². The molecule has 0 aliphatic rings. The Balaban J connectivity index is 2.25.